The van der Waals surface area contributed by atoms with Gasteiger partial charge in [0.15, 0.2) is 0 Å². The van der Waals surface area contributed by atoms with Crippen molar-refractivity contribution < 1.29 is 33.2 Å². The van der Waals surface area contributed by atoms with Crippen molar-refractivity contribution in [2.45, 2.75) is 13.3 Å². The molecule has 3 rings (SSSR count). The lowest BCUT2D eigenvalue weighted by Gasteiger charge is -2.17. The minimum Gasteiger partial charge on any atom is -0.496 e. The predicted molar refractivity (Wildman–Crippen MR) is 144 cm³/mol. The van der Waals surface area contributed by atoms with E-state index in [1.807, 2.05) is 67.6 Å². The zero-order chi connectivity index (χ0) is 26.6. The van der Waals surface area contributed by atoms with Crippen LogP contribution in [0.3, 0.4) is 0 Å². The summed E-state index contributed by atoms with van der Waals surface area (Å²) >= 11 is 0. The number of hydrogen-bond donors (Lipinski definition) is 0. The molecule has 0 radical (unpaired) electrons. The number of hydrogen-bond acceptors (Lipinski definition) is 7. The Hall–Kier alpha value is -3.81. The molecule has 0 atom stereocenters. The fraction of sp³-hybridized carbons (Fsp3) is 0.300. The summed E-state index contributed by atoms with van der Waals surface area (Å²) in [5.41, 5.74) is 3.61. The number of benzene rings is 3. The Morgan fingerprint density at radius 3 is 1.59 bits per heavy atom. The van der Waals surface area contributed by atoms with Crippen molar-refractivity contribution in [2.24, 2.45) is 0 Å². The molecule has 0 heterocycles. The van der Waals surface area contributed by atoms with Gasteiger partial charge in [-0.15, -0.1) is 0 Å². The van der Waals surface area contributed by atoms with E-state index in [9.17, 15) is 4.79 Å². The van der Waals surface area contributed by atoms with E-state index in [2.05, 4.69) is 6.58 Å². The molecule has 0 spiro atoms. The maximum atomic E-state index is 12.7. The second-order valence-corrected chi connectivity index (χ2v) is 8.13. The average Bonchev–Trinajstić information content (AvgIpc) is 2.93. The summed E-state index contributed by atoms with van der Waals surface area (Å²) in [7, 11) is 4.88. The van der Waals surface area contributed by atoms with Crippen molar-refractivity contribution in [3.63, 3.8) is 0 Å². The summed E-state index contributed by atoms with van der Waals surface area (Å²) in [6.07, 6.45) is 0.495. The van der Waals surface area contributed by atoms with Gasteiger partial charge in [0.05, 0.1) is 20.3 Å². The Morgan fingerprint density at radius 1 is 0.703 bits per heavy atom. The van der Waals surface area contributed by atoms with Crippen LogP contribution in [0.5, 0.6) is 23.0 Å². The Morgan fingerprint density at radius 2 is 1.16 bits per heavy atom. The molecule has 0 bridgehead atoms. The van der Waals surface area contributed by atoms with Gasteiger partial charge in [-0.1, -0.05) is 37.8 Å². The molecule has 0 aromatic heterocycles. The highest BCUT2D eigenvalue weighted by molar-refractivity contribution is 5.92. The Kier molecular flexibility index (Phi) is 10.6. The molecule has 0 saturated carbocycles. The molecule has 3 aromatic carbocycles. The first-order chi connectivity index (χ1) is 18.0. The van der Waals surface area contributed by atoms with Crippen LogP contribution in [-0.2, 0) is 14.3 Å². The molecule has 0 aliphatic heterocycles. The number of methoxy groups -OCH3 is 3. The molecule has 0 fully saturated rings. The van der Waals surface area contributed by atoms with Crippen LogP contribution in [0.15, 0.2) is 72.8 Å². The summed E-state index contributed by atoms with van der Waals surface area (Å²) in [5, 5.41) is 0. The van der Waals surface area contributed by atoms with Crippen molar-refractivity contribution in [1.82, 2.24) is 0 Å². The highest BCUT2D eigenvalue weighted by Crippen LogP contribution is 2.42. The molecule has 7 nitrogen and oxygen atoms in total. The standard InChI is InChI=1S/C30H34O7/c1-6-21(2)30(31)37-29-20-26(22-7-11-24(12-8-22)35-17-15-32-3)28(34-5)19-27(29)23-9-13-25(14-10-23)36-18-16-33-4/h7-14,19-20H,2,6,15-18H2,1,3-5H3. The first kappa shape index (κ1) is 27.8. The SMILES string of the molecule is C=C(CC)C(=O)Oc1cc(-c2ccc(OCCOC)cc2)c(OC)cc1-c1ccc(OCCOC)cc1. The van der Waals surface area contributed by atoms with Crippen LogP contribution in [0, 0.1) is 0 Å². The Labute approximate surface area is 218 Å². The third-order valence-electron chi connectivity index (χ3n) is 5.66. The third-order valence-corrected chi connectivity index (χ3v) is 5.66. The second-order valence-electron chi connectivity index (χ2n) is 8.13. The van der Waals surface area contributed by atoms with Gasteiger partial charge in [-0.25, -0.2) is 4.79 Å². The molecular weight excluding hydrogens is 472 g/mol. The van der Waals surface area contributed by atoms with Gasteiger partial charge in [0.25, 0.3) is 0 Å². The van der Waals surface area contributed by atoms with E-state index >= 15 is 0 Å². The summed E-state index contributed by atoms with van der Waals surface area (Å²) in [5.74, 6) is 2.02. The van der Waals surface area contributed by atoms with E-state index < -0.39 is 5.97 Å². The highest BCUT2D eigenvalue weighted by Gasteiger charge is 2.18. The fourth-order valence-corrected chi connectivity index (χ4v) is 3.53. The van der Waals surface area contributed by atoms with Crippen molar-refractivity contribution in [3.05, 3.63) is 72.8 Å². The number of esters is 1. The molecule has 0 amide bonds. The lowest BCUT2D eigenvalue weighted by Crippen LogP contribution is -2.11. The van der Waals surface area contributed by atoms with Gasteiger partial charge in [0.2, 0.25) is 0 Å². The predicted octanol–water partition coefficient (Wildman–Crippen LogP) is 5.95. The van der Waals surface area contributed by atoms with Crippen LogP contribution in [0.1, 0.15) is 13.3 Å². The fourth-order valence-electron chi connectivity index (χ4n) is 3.53. The summed E-state index contributed by atoms with van der Waals surface area (Å²) in [4.78, 5) is 12.7. The van der Waals surface area contributed by atoms with Gasteiger partial charge in [-0.3, -0.25) is 0 Å². The third kappa shape index (κ3) is 7.59. The molecule has 0 aliphatic rings. The first-order valence-electron chi connectivity index (χ1n) is 12.1. The number of carbonyl (C=O) groups is 1. The lowest BCUT2D eigenvalue weighted by molar-refractivity contribution is -0.130. The average molecular weight is 507 g/mol. The van der Waals surface area contributed by atoms with Gasteiger partial charge in [-0.05, 0) is 53.9 Å². The Balaban J connectivity index is 1.99. The molecule has 0 N–H and O–H groups in total. The van der Waals surface area contributed by atoms with E-state index in [0.717, 1.165) is 28.2 Å². The van der Waals surface area contributed by atoms with Gasteiger partial charge in [-0.2, -0.15) is 0 Å². The minimum absolute atomic E-state index is 0.391. The molecule has 0 aliphatic carbocycles. The van der Waals surface area contributed by atoms with Crippen molar-refractivity contribution in [1.29, 1.82) is 0 Å². The number of rotatable bonds is 14. The molecule has 7 heteroatoms. The molecule has 196 valence electrons. The summed E-state index contributed by atoms with van der Waals surface area (Å²) in [6, 6.07) is 18.9. The zero-order valence-corrected chi connectivity index (χ0v) is 21.9. The van der Waals surface area contributed by atoms with Crippen molar-refractivity contribution in [3.8, 4) is 45.3 Å². The molecule has 3 aromatic rings. The van der Waals surface area contributed by atoms with Crippen molar-refractivity contribution in [2.75, 3.05) is 47.8 Å². The van der Waals surface area contributed by atoms with E-state index in [1.165, 1.54) is 0 Å². The summed E-state index contributed by atoms with van der Waals surface area (Å²) in [6.45, 7) is 7.62. The number of carbonyl (C=O) groups excluding carboxylic acids is 1. The quantitative estimate of drug-likeness (QED) is 0.116. The normalized spacial score (nSPS) is 10.6. The van der Waals surface area contributed by atoms with Crippen LogP contribution < -0.4 is 18.9 Å². The van der Waals surface area contributed by atoms with Crippen LogP contribution in [0.25, 0.3) is 22.3 Å². The monoisotopic (exact) mass is 506 g/mol. The molecular formula is C30H34O7. The van der Waals surface area contributed by atoms with Crippen LogP contribution in [0.4, 0.5) is 0 Å². The second kappa shape index (κ2) is 14.1. The molecule has 0 saturated heterocycles. The van der Waals surface area contributed by atoms with Gasteiger partial charge < -0.3 is 28.4 Å². The van der Waals surface area contributed by atoms with Gasteiger partial charge >= 0.3 is 5.97 Å². The van der Waals surface area contributed by atoms with Gasteiger partial charge in [0.1, 0.15) is 36.2 Å². The number of ether oxygens (including phenoxy) is 6. The van der Waals surface area contributed by atoms with Crippen molar-refractivity contribution >= 4 is 5.97 Å². The Bertz CT molecular complexity index is 1170. The lowest BCUT2D eigenvalue weighted by atomic mass is 9.97. The topological polar surface area (TPSA) is 72.5 Å². The smallest absolute Gasteiger partial charge is 0.338 e. The maximum Gasteiger partial charge on any atom is 0.338 e. The summed E-state index contributed by atoms with van der Waals surface area (Å²) < 4.78 is 33.0. The zero-order valence-electron chi connectivity index (χ0n) is 21.9. The largest absolute Gasteiger partial charge is 0.496 e. The first-order valence-corrected chi connectivity index (χ1v) is 12.1. The van der Waals surface area contributed by atoms with E-state index in [1.54, 1.807) is 21.3 Å². The highest BCUT2D eigenvalue weighted by atomic mass is 16.5. The van der Waals surface area contributed by atoms with Crippen LogP contribution in [0.2, 0.25) is 0 Å². The van der Waals surface area contributed by atoms with E-state index in [0.29, 0.717) is 55.5 Å². The van der Waals surface area contributed by atoms with E-state index in [4.69, 9.17) is 28.4 Å². The maximum absolute atomic E-state index is 12.7. The van der Waals surface area contributed by atoms with Gasteiger partial charge in [0, 0.05) is 30.9 Å². The molecule has 37 heavy (non-hydrogen) atoms. The van der Waals surface area contributed by atoms with Crippen LogP contribution in [-0.4, -0.2) is 53.7 Å². The minimum atomic E-state index is -0.471. The molecule has 0 unspecified atom stereocenters. The van der Waals surface area contributed by atoms with Crippen LogP contribution >= 0.6 is 0 Å². The van der Waals surface area contributed by atoms with E-state index in [-0.39, 0.29) is 0 Å².